The Morgan fingerprint density at radius 2 is 1.80 bits per heavy atom. The maximum Gasteiger partial charge on any atom is 0.237 e. The van der Waals surface area contributed by atoms with Gasteiger partial charge in [-0.15, -0.1) is 0 Å². The summed E-state index contributed by atoms with van der Waals surface area (Å²) < 4.78 is 5.35. The lowest BCUT2D eigenvalue weighted by molar-refractivity contribution is 0.345. The van der Waals surface area contributed by atoms with Crippen LogP contribution < -0.4 is 10.1 Å². The van der Waals surface area contributed by atoms with Crippen molar-refractivity contribution in [3.63, 3.8) is 0 Å². The van der Waals surface area contributed by atoms with Crippen LogP contribution in [0.5, 0.6) is 5.88 Å². The number of hydrogen-bond acceptors (Lipinski definition) is 4. The van der Waals surface area contributed by atoms with Crippen LogP contribution in [-0.2, 0) is 12.8 Å². The van der Waals surface area contributed by atoms with Gasteiger partial charge >= 0.3 is 0 Å². The van der Waals surface area contributed by atoms with Crippen LogP contribution in [0.2, 0.25) is 0 Å². The Bertz CT molecular complexity index is 575. The lowest BCUT2D eigenvalue weighted by atomic mass is 9.94. The first kappa shape index (κ1) is 13.1. The second-order valence-electron chi connectivity index (χ2n) is 5.15. The first-order chi connectivity index (χ1) is 9.83. The van der Waals surface area contributed by atoms with E-state index in [1.54, 1.807) is 19.5 Å². The molecule has 1 heterocycles. The third-order valence-corrected chi connectivity index (χ3v) is 4.04. The molecule has 0 saturated heterocycles. The molecule has 0 radical (unpaired) electrons. The van der Waals surface area contributed by atoms with Crippen LogP contribution >= 0.6 is 0 Å². The number of ether oxygens (including phenoxy) is 1. The van der Waals surface area contributed by atoms with Crippen molar-refractivity contribution < 1.29 is 4.74 Å². The molecule has 1 atom stereocenters. The summed E-state index contributed by atoms with van der Waals surface area (Å²) in [5.74, 6) is 1.10. The fraction of sp³-hybridized carbons (Fsp3) is 0.375. The average molecular weight is 269 g/mol. The minimum atomic E-state index is 0.158. The van der Waals surface area contributed by atoms with Gasteiger partial charge in [-0.25, -0.2) is 4.98 Å². The molecule has 0 fully saturated rings. The third kappa shape index (κ3) is 2.27. The highest BCUT2D eigenvalue weighted by molar-refractivity contribution is 5.34. The predicted octanol–water partition coefficient (Wildman–Crippen LogP) is 2.16. The van der Waals surface area contributed by atoms with Crippen LogP contribution in [0.4, 0.5) is 0 Å². The summed E-state index contributed by atoms with van der Waals surface area (Å²) in [5.41, 5.74) is 3.79. The van der Waals surface area contributed by atoms with Gasteiger partial charge in [-0.2, -0.15) is 0 Å². The number of aromatic nitrogens is 2. The maximum atomic E-state index is 5.35. The summed E-state index contributed by atoms with van der Waals surface area (Å²) >= 11 is 0. The van der Waals surface area contributed by atoms with Crippen LogP contribution in [0.3, 0.4) is 0 Å². The molecule has 104 valence electrons. The summed E-state index contributed by atoms with van der Waals surface area (Å²) in [4.78, 5) is 8.74. The van der Waals surface area contributed by atoms with Gasteiger partial charge < -0.3 is 10.1 Å². The van der Waals surface area contributed by atoms with Crippen LogP contribution in [-0.4, -0.2) is 24.1 Å². The Hall–Kier alpha value is -1.94. The number of rotatable bonds is 4. The molecule has 0 spiro atoms. The third-order valence-electron chi connectivity index (χ3n) is 4.04. The van der Waals surface area contributed by atoms with E-state index in [4.69, 9.17) is 4.74 Å². The van der Waals surface area contributed by atoms with Gasteiger partial charge in [0.25, 0.3) is 0 Å². The van der Waals surface area contributed by atoms with Crippen molar-refractivity contribution in [1.29, 1.82) is 0 Å². The molecule has 20 heavy (non-hydrogen) atoms. The Morgan fingerprint density at radius 1 is 1.15 bits per heavy atom. The minimum Gasteiger partial charge on any atom is -0.480 e. The molecule has 0 bridgehead atoms. The smallest absolute Gasteiger partial charge is 0.237 e. The predicted molar refractivity (Wildman–Crippen MR) is 77.7 cm³/mol. The van der Waals surface area contributed by atoms with Gasteiger partial charge in [0.1, 0.15) is 5.69 Å². The Balaban J connectivity index is 1.89. The van der Waals surface area contributed by atoms with Crippen molar-refractivity contribution in [3.8, 4) is 5.88 Å². The normalized spacial score (nSPS) is 15.9. The van der Waals surface area contributed by atoms with E-state index < -0.39 is 0 Å². The topological polar surface area (TPSA) is 47.0 Å². The summed E-state index contributed by atoms with van der Waals surface area (Å²) in [7, 11) is 3.62. The van der Waals surface area contributed by atoms with Gasteiger partial charge in [-0.1, -0.05) is 24.3 Å². The van der Waals surface area contributed by atoms with Crippen molar-refractivity contribution in [3.05, 3.63) is 53.5 Å². The Labute approximate surface area is 119 Å². The average Bonchev–Trinajstić information content (AvgIpc) is 2.92. The molecule has 0 saturated carbocycles. The van der Waals surface area contributed by atoms with E-state index in [9.17, 15) is 0 Å². The molecule has 0 amide bonds. The molecule has 0 aliphatic heterocycles. The zero-order valence-corrected chi connectivity index (χ0v) is 11.8. The van der Waals surface area contributed by atoms with E-state index in [2.05, 4.69) is 39.6 Å². The van der Waals surface area contributed by atoms with E-state index in [1.807, 2.05) is 7.05 Å². The summed E-state index contributed by atoms with van der Waals surface area (Å²) in [6.07, 6.45) is 5.53. The Kier molecular flexibility index (Phi) is 3.65. The van der Waals surface area contributed by atoms with Gasteiger partial charge in [0.15, 0.2) is 0 Å². The highest BCUT2D eigenvalue weighted by Gasteiger charge is 2.31. The number of benzene rings is 1. The standard InChI is InChI=1S/C16H19N3O/c1-17-14(15-16(20-2)19-8-7-18-15)13-9-11-5-3-4-6-12(11)10-13/h3-8,13-14,17H,9-10H2,1-2H3. The van der Waals surface area contributed by atoms with E-state index in [-0.39, 0.29) is 6.04 Å². The molecule has 2 aromatic rings. The highest BCUT2D eigenvalue weighted by Crippen LogP contribution is 2.36. The number of nitrogens with one attached hydrogen (secondary N) is 1. The van der Waals surface area contributed by atoms with Crippen molar-refractivity contribution >= 4 is 0 Å². The molecule has 1 aromatic heterocycles. The molecule has 4 nitrogen and oxygen atoms in total. The summed E-state index contributed by atoms with van der Waals surface area (Å²) in [6, 6.07) is 8.81. The fourth-order valence-electron chi connectivity index (χ4n) is 3.13. The minimum absolute atomic E-state index is 0.158. The molecule has 1 aromatic carbocycles. The quantitative estimate of drug-likeness (QED) is 0.924. The second kappa shape index (κ2) is 5.59. The van der Waals surface area contributed by atoms with Gasteiger partial charge in [0.2, 0.25) is 5.88 Å². The first-order valence-corrected chi connectivity index (χ1v) is 6.92. The molecule has 1 unspecified atom stereocenters. The maximum absolute atomic E-state index is 5.35. The van der Waals surface area contributed by atoms with Crippen LogP contribution in [0, 0.1) is 5.92 Å². The lowest BCUT2D eigenvalue weighted by Crippen LogP contribution is -2.27. The van der Waals surface area contributed by atoms with Crippen molar-refractivity contribution in [2.24, 2.45) is 5.92 Å². The van der Waals surface area contributed by atoms with E-state index in [1.165, 1.54) is 11.1 Å². The molecule has 1 aliphatic carbocycles. The molecule has 1 N–H and O–H groups in total. The van der Waals surface area contributed by atoms with Crippen LogP contribution in [0.15, 0.2) is 36.7 Å². The lowest BCUT2D eigenvalue weighted by Gasteiger charge is -2.23. The molecular weight excluding hydrogens is 250 g/mol. The highest BCUT2D eigenvalue weighted by atomic mass is 16.5. The number of nitrogens with zero attached hydrogens (tertiary/aromatic N) is 2. The van der Waals surface area contributed by atoms with E-state index >= 15 is 0 Å². The summed E-state index contributed by atoms with van der Waals surface area (Å²) in [6.45, 7) is 0. The number of hydrogen-bond donors (Lipinski definition) is 1. The first-order valence-electron chi connectivity index (χ1n) is 6.92. The molecule has 3 rings (SSSR count). The zero-order chi connectivity index (χ0) is 13.9. The molecule has 4 heteroatoms. The number of fused-ring (bicyclic) bond motifs is 1. The largest absolute Gasteiger partial charge is 0.480 e. The summed E-state index contributed by atoms with van der Waals surface area (Å²) in [5, 5.41) is 3.39. The zero-order valence-electron chi connectivity index (χ0n) is 11.8. The van der Waals surface area contributed by atoms with Gasteiger partial charge in [0.05, 0.1) is 13.2 Å². The van der Waals surface area contributed by atoms with Crippen molar-refractivity contribution in [1.82, 2.24) is 15.3 Å². The van der Waals surface area contributed by atoms with E-state index in [0.29, 0.717) is 11.8 Å². The monoisotopic (exact) mass is 269 g/mol. The van der Waals surface area contributed by atoms with Crippen LogP contribution in [0.1, 0.15) is 22.9 Å². The Morgan fingerprint density at radius 3 is 2.40 bits per heavy atom. The molecule has 1 aliphatic rings. The SMILES string of the molecule is CNC(c1nccnc1OC)C1Cc2ccccc2C1. The van der Waals surface area contributed by atoms with Crippen LogP contribution in [0.25, 0.3) is 0 Å². The fourth-order valence-corrected chi connectivity index (χ4v) is 3.13. The van der Waals surface area contributed by atoms with Crippen molar-refractivity contribution in [2.75, 3.05) is 14.2 Å². The van der Waals surface area contributed by atoms with Gasteiger partial charge in [0, 0.05) is 12.4 Å². The number of methoxy groups -OCH3 is 1. The van der Waals surface area contributed by atoms with Crippen molar-refractivity contribution in [2.45, 2.75) is 18.9 Å². The van der Waals surface area contributed by atoms with E-state index in [0.717, 1.165) is 18.5 Å². The molecular formula is C16H19N3O. The second-order valence-corrected chi connectivity index (χ2v) is 5.15. The van der Waals surface area contributed by atoms with Gasteiger partial charge in [-0.05, 0) is 36.9 Å². The van der Waals surface area contributed by atoms with Gasteiger partial charge in [-0.3, -0.25) is 4.98 Å².